The molecule has 0 bridgehead atoms. The maximum Gasteiger partial charge on any atom is 0.458 e. The average molecular weight is 582 g/mol. The van der Waals surface area contributed by atoms with E-state index in [1.54, 1.807) is 6.07 Å². The van der Waals surface area contributed by atoms with Crippen molar-refractivity contribution in [1.29, 1.82) is 0 Å². The van der Waals surface area contributed by atoms with Crippen LogP contribution >= 0.6 is 23.2 Å². The SMILES string of the molecule is Clc1cc(Cl)cc(CNc2cc3c4c(c2)[C@@H]2CNC[C@@H]2CN4CCC3)c1.O=C(C(=O)C(F)(F)F)C(F)(F)F. The Morgan fingerprint density at radius 3 is 2.18 bits per heavy atom. The highest BCUT2D eigenvalue weighted by Gasteiger charge is 2.54. The molecule has 5 nitrogen and oxygen atoms in total. The van der Waals surface area contributed by atoms with Crippen LogP contribution in [0.4, 0.5) is 37.7 Å². The summed E-state index contributed by atoms with van der Waals surface area (Å²) < 4.78 is 67.0. The maximum absolute atomic E-state index is 11.2. The number of aryl methyl sites for hydroxylation is 1. The van der Waals surface area contributed by atoms with E-state index < -0.39 is 23.9 Å². The van der Waals surface area contributed by atoms with E-state index >= 15 is 0 Å². The van der Waals surface area contributed by atoms with Gasteiger partial charge in [0.1, 0.15) is 0 Å². The number of carbonyl (C=O) groups is 2. The summed E-state index contributed by atoms with van der Waals surface area (Å²) in [7, 11) is 0. The Hall–Kier alpha value is -2.50. The summed E-state index contributed by atoms with van der Waals surface area (Å²) in [5, 5.41) is 8.58. The standard InChI is InChI=1S/C21H23Cl2N3.C4F6O2/c22-16-4-13(5-17(23)7-16)9-25-18-6-14-2-1-3-26-12-15-10-24-11-20(15)19(8-18)21(14)26;5-3(6,7)1(11)2(12)4(8,9)10/h4-8,15,20,24-25H,1-3,9-12H2;/t15-,20-;/m1./s1. The molecular formula is C25H23Cl2F6N3O2. The summed E-state index contributed by atoms with van der Waals surface area (Å²) in [5.41, 5.74) is 6.89. The second-order valence-electron chi connectivity index (χ2n) is 9.43. The molecule has 3 heterocycles. The lowest BCUT2D eigenvalue weighted by Gasteiger charge is -2.42. The summed E-state index contributed by atoms with van der Waals surface area (Å²) in [6, 6.07) is 10.5. The van der Waals surface area contributed by atoms with Crippen LogP contribution in [-0.2, 0) is 22.6 Å². The Labute approximate surface area is 224 Å². The fraction of sp³-hybridized carbons (Fsp3) is 0.440. The highest BCUT2D eigenvalue weighted by atomic mass is 35.5. The lowest BCUT2D eigenvalue weighted by Crippen LogP contribution is -2.41. The fourth-order valence-corrected chi connectivity index (χ4v) is 5.75. The normalized spacial score (nSPS) is 20.2. The summed E-state index contributed by atoms with van der Waals surface area (Å²) in [5.74, 6) is -5.42. The number of halogens is 8. The predicted molar refractivity (Wildman–Crippen MR) is 132 cm³/mol. The van der Waals surface area contributed by atoms with Gasteiger partial charge in [0.25, 0.3) is 0 Å². The van der Waals surface area contributed by atoms with E-state index in [1.807, 2.05) is 12.1 Å². The number of alkyl halides is 6. The number of nitrogens with one attached hydrogen (secondary N) is 2. The van der Waals surface area contributed by atoms with Crippen molar-refractivity contribution in [2.24, 2.45) is 5.92 Å². The number of carbonyl (C=O) groups excluding carboxylic acids is 2. The quantitative estimate of drug-likeness (QED) is 0.346. The molecule has 0 radical (unpaired) electrons. The predicted octanol–water partition coefficient (Wildman–Crippen LogP) is 5.92. The minimum atomic E-state index is -5.77. The number of fused-ring (bicyclic) bond motifs is 2. The molecule has 13 heteroatoms. The molecule has 0 aliphatic carbocycles. The van der Waals surface area contributed by atoms with Gasteiger partial charge in [-0.05, 0) is 65.8 Å². The van der Waals surface area contributed by atoms with E-state index in [9.17, 15) is 35.9 Å². The van der Waals surface area contributed by atoms with Crippen LogP contribution in [0.2, 0.25) is 10.0 Å². The lowest BCUT2D eigenvalue weighted by molar-refractivity contribution is -0.193. The number of rotatable bonds is 4. The Kier molecular flexibility index (Phi) is 8.20. The van der Waals surface area contributed by atoms with Crippen LogP contribution in [-0.4, -0.2) is 50.1 Å². The highest BCUT2D eigenvalue weighted by Crippen LogP contribution is 2.45. The molecule has 0 saturated carbocycles. The van der Waals surface area contributed by atoms with Gasteiger partial charge in [0.05, 0.1) is 0 Å². The second kappa shape index (κ2) is 10.9. The van der Waals surface area contributed by atoms with E-state index in [0.717, 1.165) is 31.1 Å². The number of nitrogens with zero attached hydrogens (tertiary/aromatic N) is 1. The first-order chi connectivity index (χ1) is 17.7. The van der Waals surface area contributed by atoms with Gasteiger partial charge in [-0.15, -0.1) is 0 Å². The minimum absolute atomic E-state index is 0.653. The third kappa shape index (κ3) is 6.38. The van der Waals surface area contributed by atoms with Gasteiger partial charge in [-0.2, -0.15) is 26.3 Å². The zero-order valence-electron chi connectivity index (χ0n) is 19.8. The molecule has 0 spiro atoms. The zero-order valence-corrected chi connectivity index (χ0v) is 21.3. The fourth-order valence-electron chi connectivity index (χ4n) is 5.18. The van der Waals surface area contributed by atoms with E-state index in [-0.39, 0.29) is 0 Å². The molecule has 0 aromatic heterocycles. The molecule has 3 aliphatic heterocycles. The Morgan fingerprint density at radius 2 is 1.58 bits per heavy atom. The van der Waals surface area contributed by atoms with Gasteiger partial charge in [0, 0.05) is 60.1 Å². The molecule has 1 saturated heterocycles. The summed E-state index contributed by atoms with van der Waals surface area (Å²) in [4.78, 5) is 21.9. The first kappa shape index (κ1) is 28.5. The average Bonchev–Trinajstić information content (AvgIpc) is 3.29. The van der Waals surface area contributed by atoms with Crippen molar-refractivity contribution in [1.82, 2.24) is 5.32 Å². The number of Topliss-reactive ketones (excluding diaryl/α,β-unsaturated/α-hetero) is 2. The summed E-state index contributed by atoms with van der Waals surface area (Å²) >= 11 is 12.3. The molecule has 5 rings (SSSR count). The van der Waals surface area contributed by atoms with Gasteiger partial charge in [-0.25, -0.2) is 0 Å². The molecule has 206 valence electrons. The molecule has 2 N–H and O–H groups in total. The molecule has 2 aromatic carbocycles. The molecular weight excluding hydrogens is 559 g/mol. The Morgan fingerprint density at radius 1 is 0.947 bits per heavy atom. The van der Waals surface area contributed by atoms with E-state index in [4.69, 9.17) is 23.2 Å². The van der Waals surface area contributed by atoms with Crippen LogP contribution in [0.5, 0.6) is 0 Å². The van der Waals surface area contributed by atoms with Crippen molar-refractivity contribution >= 4 is 46.1 Å². The minimum Gasteiger partial charge on any atom is -0.381 e. The molecule has 0 amide bonds. The molecule has 0 unspecified atom stereocenters. The first-order valence-electron chi connectivity index (χ1n) is 11.8. The highest BCUT2D eigenvalue weighted by molar-refractivity contribution is 6.41. The molecule has 1 fully saturated rings. The smallest absolute Gasteiger partial charge is 0.381 e. The van der Waals surface area contributed by atoms with Gasteiger partial charge in [-0.1, -0.05) is 23.2 Å². The second-order valence-corrected chi connectivity index (χ2v) is 10.3. The number of hydrogen-bond acceptors (Lipinski definition) is 5. The monoisotopic (exact) mass is 581 g/mol. The van der Waals surface area contributed by atoms with Gasteiger partial charge < -0.3 is 15.5 Å². The van der Waals surface area contributed by atoms with Crippen molar-refractivity contribution in [3.63, 3.8) is 0 Å². The lowest BCUT2D eigenvalue weighted by atomic mass is 9.80. The number of ketones is 2. The number of benzene rings is 2. The van der Waals surface area contributed by atoms with Crippen LogP contribution < -0.4 is 15.5 Å². The van der Waals surface area contributed by atoms with Gasteiger partial charge in [0.15, 0.2) is 0 Å². The van der Waals surface area contributed by atoms with Crippen molar-refractivity contribution in [3.05, 3.63) is 57.1 Å². The molecule has 38 heavy (non-hydrogen) atoms. The van der Waals surface area contributed by atoms with Crippen LogP contribution in [0.1, 0.15) is 29.0 Å². The van der Waals surface area contributed by atoms with E-state index in [0.29, 0.717) is 16.0 Å². The Bertz CT molecular complexity index is 1190. The van der Waals surface area contributed by atoms with Crippen molar-refractivity contribution in [2.45, 2.75) is 37.7 Å². The van der Waals surface area contributed by atoms with Crippen LogP contribution in [0.3, 0.4) is 0 Å². The third-order valence-corrected chi connectivity index (χ3v) is 7.18. The van der Waals surface area contributed by atoms with Gasteiger partial charge in [-0.3, -0.25) is 9.59 Å². The van der Waals surface area contributed by atoms with Crippen LogP contribution in [0.15, 0.2) is 30.3 Å². The van der Waals surface area contributed by atoms with Crippen LogP contribution in [0.25, 0.3) is 0 Å². The maximum atomic E-state index is 11.2. The molecule has 3 aliphatic rings. The molecule has 2 aromatic rings. The van der Waals surface area contributed by atoms with Crippen molar-refractivity contribution in [3.8, 4) is 0 Å². The summed E-state index contributed by atoms with van der Waals surface area (Å²) in [6.45, 7) is 5.41. The summed E-state index contributed by atoms with van der Waals surface area (Å²) in [6.07, 6.45) is -9.11. The Balaban J connectivity index is 0.000000240. The van der Waals surface area contributed by atoms with Crippen molar-refractivity contribution < 1.29 is 35.9 Å². The number of hydrogen-bond donors (Lipinski definition) is 2. The van der Waals surface area contributed by atoms with Gasteiger partial charge in [0.2, 0.25) is 0 Å². The van der Waals surface area contributed by atoms with Crippen molar-refractivity contribution in [2.75, 3.05) is 36.4 Å². The molecule has 2 atom stereocenters. The van der Waals surface area contributed by atoms with Crippen LogP contribution in [0, 0.1) is 5.92 Å². The van der Waals surface area contributed by atoms with E-state index in [1.165, 1.54) is 48.4 Å². The van der Waals surface area contributed by atoms with E-state index in [2.05, 4.69) is 27.7 Å². The first-order valence-corrected chi connectivity index (χ1v) is 12.5. The van der Waals surface area contributed by atoms with Gasteiger partial charge >= 0.3 is 23.9 Å². The third-order valence-electron chi connectivity index (χ3n) is 6.74. The largest absolute Gasteiger partial charge is 0.458 e. The number of anilines is 2. The zero-order chi connectivity index (χ0) is 27.8. The topological polar surface area (TPSA) is 61.4 Å².